The van der Waals surface area contributed by atoms with Crippen molar-refractivity contribution < 1.29 is 0 Å². The van der Waals surface area contributed by atoms with Crippen LogP contribution in [0.2, 0.25) is 0 Å². The highest BCUT2D eigenvalue weighted by Gasteiger charge is 2.11. The molecule has 2 heterocycles. The predicted octanol–water partition coefficient (Wildman–Crippen LogP) is 2.53. The second-order valence-electron chi connectivity index (χ2n) is 3.31. The van der Waals surface area contributed by atoms with E-state index in [1.54, 1.807) is 6.20 Å². The van der Waals surface area contributed by atoms with E-state index in [0.717, 1.165) is 22.7 Å². The van der Waals surface area contributed by atoms with Crippen LogP contribution in [0.3, 0.4) is 0 Å². The van der Waals surface area contributed by atoms with Gasteiger partial charge in [-0.2, -0.15) is 0 Å². The molecule has 0 amide bonds. The van der Waals surface area contributed by atoms with E-state index >= 15 is 0 Å². The Morgan fingerprint density at radius 3 is 2.94 bits per heavy atom. The first-order valence-electron chi connectivity index (χ1n) is 5.03. The second-order valence-corrected chi connectivity index (χ2v) is 4.12. The van der Waals surface area contributed by atoms with Gasteiger partial charge in [-0.3, -0.25) is 0 Å². The molecule has 0 aromatic carbocycles. The van der Waals surface area contributed by atoms with Gasteiger partial charge in [0.05, 0.1) is 6.04 Å². The fraction of sp³-hybridized carbons (Fsp3) is 0.300. The number of anilines is 1. The van der Waals surface area contributed by atoms with Gasteiger partial charge in [0.1, 0.15) is 22.6 Å². The molecule has 5 nitrogen and oxygen atoms in total. The Balaban J connectivity index is 2.13. The summed E-state index contributed by atoms with van der Waals surface area (Å²) >= 11 is 3.31. The van der Waals surface area contributed by atoms with Crippen molar-refractivity contribution in [2.24, 2.45) is 0 Å². The Morgan fingerprint density at radius 1 is 1.44 bits per heavy atom. The third kappa shape index (κ3) is 2.57. The van der Waals surface area contributed by atoms with Gasteiger partial charge >= 0.3 is 0 Å². The third-order valence-electron chi connectivity index (χ3n) is 2.21. The van der Waals surface area contributed by atoms with Crippen molar-refractivity contribution in [1.29, 1.82) is 0 Å². The lowest BCUT2D eigenvalue weighted by Crippen LogP contribution is -2.12. The lowest BCUT2D eigenvalue weighted by Gasteiger charge is -2.14. The largest absolute Gasteiger partial charge is 0.360 e. The number of nitrogens with one attached hydrogen (secondary N) is 2. The molecule has 84 valence electrons. The highest BCUT2D eigenvalue weighted by Crippen LogP contribution is 2.19. The summed E-state index contributed by atoms with van der Waals surface area (Å²) in [5, 5.41) is 3.30. The summed E-state index contributed by atoms with van der Waals surface area (Å²) in [4.78, 5) is 15.4. The number of hydrogen-bond acceptors (Lipinski definition) is 4. The monoisotopic (exact) mass is 281 g/mol. The molecule has 0 aliphatic heterocycles. The molecule has 2 N–H and O–H groups in total. The summed E-state index contributed by atoms with van der Waals surface area (Å²) in [5.41, 5.74) is 0. The third-order valence-corrected chi connectivity index (χ3v) is 2.65. The van der Waals surface area contributed by atoms with Gasteiger partial charge in [0, 0.05) is 18.5 Å². The van der Waals surface area contributed by atoms with Crippen LogP contribution >= 0.6 is 15.9 Å². The fourth-order valence-corrected chi connectivity index (χ4v) is 1.73. The van der Waals surface area contributed by atoms with E-state index in [0.29, 0.717) is 0 Å². The number of imidazole rings is 1. The molecule has 2 rings (SSSR count). The Hall–Kier alpha value is -1.43. The average Bonchev–Trinajstić information content (AvgIpc) is 2.79. The zero-order valence-electron chi connectivity index (χ0n) is 8.81. The molecule has 0 fully saturated rings. The van der Waals surface area contributed by atoms with Crippen molar-refractivity contribution >= 4 is 21.7 Å². The topological polar surface area (TPSA) is 66.5 Å². The van der Waals surface area contributed by atoms with Crippen molar-refractivity contribution in [2.75, 3.05) is 5.32 Å². The molecule has 0 bridgehead atoms. The van der Waals surface area contributed by atoms with Gasteiger partial charge in [-0.25, -0.2) is 15.0 Å². The highest BCUT2D eigenvalue weighted by atomic mass is 79.9. The number of nitrogens with zero attached hydrogens (tertiary/aromatic N) is 3. The number of rotatable bonds is 4. The normalized spacial score (nSPS) is 12.4. The molecule has 0 aliphatic rings. The lowest BCUT2D eigenvalue weighted by atomic mass is 10.2. The zero-order valence-corrected chi connectivity index (χ0v) is 10.4. The zero-order chi connectivity index (χ0) is 11.4. The van der Waals surface area contributed by atoms with Crippen LogP contribution < -0.4 is 5.32 Å². The first-order chi connectivity index (χ1) is 7.79. The Morgan fingerprint density at radius 2 is 2.31 bits per heavy atom. The number of aromatic nitrogens is 4. The minimum atomic E-state index is 0.136. The predicted molar refractivity (Wildman–Crippen MR) is 65.0 cm³/mol. The maximum absolute atomic E-state index is 4.23. The van der Waals surface area contributed by atoms with Crippen molar-refractivity contribution in [1.82, 2.24) is 19.9 Å². The molecule has 1 atom stereocenters. The van der Waals surface area contributed by atoms with Crippen LogP contribution in [-0.4, -0.2) is 19.9 Å². The smallest absolute Gasteiger partial charge is 0.131 e. The van der Waals surface area contributed by atoms with Crippen molar-refractivity contribution in [3.05, 3.63) is 35.2 Å². The minimum absolute atomic E-state index is 0.136. The van der Waals surface area contributed by atoms with Crippen LogP contribution in [-0.2, 0) is 0 Å². The Labute approximate surface area is 102 Å². The standard InChI is InChI=1S/C10H12BrN5/c1-2-7(10-12-3-4-13-10)16-9-5-8(11)14-6-15-9/h3-7H,2H2,1H3,(H,12,13)(H,14,15,16). The number of hydrogen-bond donors (Lipinski definition) is 2. The molecule has 16 heavy (non-hydrogen) atoms. The Bertz CT molecular complexity index is 442. The number of aromatic amines is 1. The van der Waals surface area contributed by atoms with Gasteiger partial charge in [-0.1, -0.05) is 6.92 Å². The van der Waals surface area contributed by atoms with E-state index in [1.807, 2.05) is 12.3 Å². The molecular formula is C10H12BrN5. The molecule has 2 aromatic heterocycles. The van der Waals surface area contributed by atoms with Gasteiger partial charge in [-0.05, 0) is 22.4 Å². The van der Waals surface area contributed by atoms with Gasteiger partial charge in [0.2, 0.25) is 0 Å². The molecule has 0 saturated heterocycles. The summed E-state index contributed by atoms with van der Waals surface area (Å²) in [6, 6.07) is 1.97. The summed E-state index contributed by atoms with van der Waals surface area (Å²) in [7, 11) is 0. The molecule has 0 saturated carbocycles. The first-order valence-corrected chi connectivity index (χ1v) is 5.82. The molecule has 0 aliphatic carbocycles. The van der Waals surface area contributed by atoms with E-state index < -0.39 is 0 Å². The van der Waals surface area contributed by atoms with E-state index in [9.17, 15) is 0 Å². The lowest BCUT2D eigenvalue weighted by molar-refractivity contribution is 0.699. The van der Waals surface area contributed by atoms with Crippen LogP contribution in [0.4, 0.5) is 5.82 Å². The fourth-order valence-electron chi connectivity index (χ4n) is 1.42. The summed E-state index contributed by atoms with van der Waals surface area (Å²) in [6.07, 6.45) is 6.00. The van der Waals surface area contributed by atoms with Crippen molar-refractivity contribution in [3.63, 3.8) is 0 Å². The molecule has 6 heteroatoms. The quantitative estimate of drug-likeness (QED) is 0.846. The van der Waals surface area contributed by atoms with E-state index in [2.05, 4.69) is 48.1 Å². The first kappa shape index (κ1) is 11.1. The summed E-state index contributed by atoms with van der Waals surface area (Å²) < 4.78 is 0.763. The maximum Gasteiger partial charge on any atom is 0.131 e. The van der Waals surface area contributed by atoms with E-state index in [1.165, 1.54) is 6.33 Å². The minimum Gasteiger partial charge on any atom is -0.360 e. The molecular weight excluding hydrogens is 270 g/mol. The highest BCUT2D eigenvalue weighted by molar-refractivity contribution is 9.10. The van der Waals surface area contributed by atoms with Crippen LogP contribution in [0, 0.1) is 0 Å². The van der Waals surface area contributed by atoms with Crippen LogP contribution in [0.1, 0.15) is 25.2 Å². The van der Waals surface area contributed by atoms with Gasteiger partial charge in [-0.15, -0.1) is 0 Å². The number of H-pyrrole nitrogens is 1. The average molecular weight is 282 g/mol. The summed E-state index contributed by atoms with van der Waals surface area (Å²) in [5.74, 6) is 1.70. The van der Waals surface area contributed by atoms with E-state index in [-0.39, 0.29) is 6.04 Å². The van der Waals surface area contributed by atoms with Gasteiger partial charge in [0.25, 0.3) is 0 Å². The summed E-state index contributed by atoms with van der Waals surface area (Å²) in [6.45, 7) is 2.09. The van der Waals surface area contributed by atoms with Crippen molar-refractivity contribution in [2.45, 2.75) is 19.4 Å². The van der Waals surface area contributed by atoms with Gasteiger partial charge in [0.15, 0.2) is 0 Å². The second kappa shape index (κ2) is 5.07. The number of halogens is 1. The molecule has 2 aromatic rings. The van der Waals surface area contributed by atoms with Crippen LogP contribution in [0.5, 0.6) is 0 Å². The SMILES string of the molecule is CCC(Nc1cc(Br)ncn1)c1ncc[nH]1. The van der Waals surface area contributed by atoms with Crippen LogP contribution in [0.15, 0.2) is 29.4 Å². The van der Waals surface area contributed by atoms with Crippen molar-refractivity contribution in [3.8, 4) is 0 Å². The van der Waals surface area contributed by atoms with Gasteiger partial charge < -0.3 is 10.3 Å². The maximum atomic E-state index is 4.23. The molecule has 1 unspecified atom stereocenters. The van der Waals surface area contributed by atoms with Crippen LogP contribution in [0.25, 0.3) is 0 Å². The molecule has 0 spiro atoms. The Kier molecular flexibility index (Phi) is 3.51. The van der Waals surface area contributed by atoms with E-state index in [4.69, 9.17) is 0 Å². The molecule has 0 radical (unpaired) electrons.